The minimum Gasteiger partial charge on any atom is -0.295 e. The van der Waals surface area contributed by atoms with Gasteiger partial charge in [-0.05, 0) is 74.4 Å². The van der Waals surface area contributed by atoms with Crippen LogP contribution in [0.25, 0.3) is 11.3 Å². The molecule has 1 aliphatic carbocycles. The predicted molar refractivity (Wildman–Crippen MR) is 132 cm³/mol. The van der Waals surface area contributed by atoms with E-state index in [1.807, 2.05) is 0 Å². The van der Waals surface area contributed by atoms with Crippen LogP contribution in [-0.4, -0.2) is 16.9 Å². The van der Waals surface area contributed by atoms with Crippen molar-refractivity contribution in [2.45, 2.75) is 65.5 Å². The molecule has 0 N–H and O–H groups in total. The minimum absolute atomic E-state index is 0.438. The van der Waals surface area contributed by atoms with E-state index in [-0.39, 0.29) is 0 Å². The quantitative estimate of drug-likeness (QED) is 0.404. The first-order chi connectivity index (χ1) is 15.0. The molecule has 1 aromatic heterocycles. The van der Waals surface area contributed by atoms with Gasteiger partial charge in [0.15, 0.2) is 0 Å². The average Bonchev–Trinajstić information content (AvgIpc) is 2.80. The maximum absolute atomic E-state index is 6.89. The molecule has 2 aromatic carbocycles. The van der Waals surface area contributed by atoms with Crippen molar-refractivity contribution in [3.05, 3.63) is 87.1 Å². The van der Waals surface area contributed by atoms with Crippen LogP contribution in [0, 0.1) is 6.92 Å². The van der Waals surface area contributed by atoms with Crippen molar-refractivity contribution >= 4 is 11.6 Å². The van der Waals surface area contributed by atoms with E-state index >= 15 is 0 Å². The molecule has 0 radical (unpaired) electrons. The van der Waals surface area contributed by atoms with E-state index in [1.54, 1.807) is 0 Å². The second-order valence-electron chi connectivity index (χ2n) is 8.73. The summed E-state index contributed by atoms with van der Waals surface area (Å²) in [6, 6.07) is 18.0. The number of hydrogen-bond acceptors (Lipinski definition) is 2. The van der Waals surface area contributed by atoms with Crippen molar-refractivity contribution in [2.75, 3.05) is 7.05 Å². The van der Waals surface area contributed by atoms with Gasteiger partial charge in [0, 0.05) is 34.4 Å². The Balaban J connectivity index is 1.66. The molecular formula is C28H33ClN2. The lowest BCUT2D eigenvalue weighted by Crippen LogP contribution is -2.28. The van der Waals surface area contributed by atoms with Crippen molar-refractivity contribution < 1.29 is 0 Å². The lowest BCUT2D eigenvalue weighted by Gasteiger charge is -2.33. The van der Waals surface area contributed by atoms with Crippen molar-refractivity contribution in [1.82, 2.24) is 9.88 Å². The van der Waals surface area contributed by atoms with E-state index in [4.69, 9.17) is 16.6 Å². The Morgan fingerprint density at radius 1 is 1.03 bits per heavy atom. The molecular weight excluding hydrogens is 400 g/mol. The van der Waals surface area contributed by atoms with Gasteiger partial charge in [0.2, 0.25) is 0 Å². The van der Waals surface area contributed by atoms with Crippen LogP contribution in [0.2, 0.25) is 5.02 Å². The molecule has 0 bridgehead atoms. The van der Waals surface area contributed by atoms with Gasteiger partial charge < -0.3 is 0 Å². The SMILES string of the molecule is CCc1cccc(CC)c1-c1cc(Cl)c(CN(C)[C@H]2CCCc3ccccc32)c(C)n1. The first-order valence-corrected chi connectivity index (χ1v) is 12.0. The molecule has 0 spiro atoms. The van der Waals surface area contributed by atoms with E-state index < -0.39 is 0 Å². The highest BCUT2D eigenvalue weighted by Crippen LogP contribution is 2.36. The van der Waals surface area contributed by atoms with Crippen LogP contribution in [0.3, 0.4) is 0 Å². The Morgan fingerprint density at radius 2 is 1.74 bits per heavy atom. The molecule has 0 saturated heterocycles. The third-order valence-corrected chi connectivity index (χ3v) is 7.15. The fourth-order valence-corrected chi connectivity index (χ4v) is 5.40. The fraction of sp³-hybridized carbons (Fsp3) is 0.393. The highest BCUT2D eigenvalue weighted by atomic mass is 35.5. The molecule has 1 heterocycles. The zero-order chi connectivity index (χ0) is 22.0. The predicted octanol–water partition coefficient (Wildman–Crippen LogP) is 7.34. The largest absolute Gasteiger partial charge is 0.295 e. The summed E-state index contributed by atoms with van der Waals surface area (Å²) in [6.07, 6.45) is 5.61. The first kappa shape index (κ1) is 22.0. The molecule has 162 valence electrons. The summed E-state index contributed by atoms with van der Waals surface area (Å²) in [7, 11) is 2.22. The monoisotopic (exact) mass is 432 g/mol. The van der Waals surface area contributed by atoms with E-state index in [9.17, 15) is 0 Å². The van der Waals surface area contributed by atoms with Crippen LogP contribution in [0.15, 0.2) is 48.5 Å². The van der Waals surface area contributed by atoms with Crippen LogP contribution in [0.1, 0.15) is 66.2 Å². The van der Waals surface area contributed by atoms with Gasteiger partial charge in [0.1, 0.15) is 0 Å². The Labute approximate surface area is 192 Å². The van der Waals surface area contributed by atoms with Crippen LogP contribution in [0.5, 0.6) is 0 Å². The van der Waals surface area contributed by atoms with Gasteiger partial charge >= 0.3 is 0 Å². The summed E-state index contributed by atoms with van der Waals surface area (Å²) in [4.78, 5) is 7.50. The molecule has 1 atom stereocenters. The molecule has 3 heteroatoms. The first-order valence-electron chi connectivity index (χ1n) is 11.6. The Hall–Kier alpha value is -2.16. The maximum atomic E-state index is 6.89. The highest BCUT2D eigenvalue weighted by Gasteiger charge is 2.25. The number of halogens is 1. The maximum Gasteiger partial charge on any atom is 0.0725 e. The summed E-state index contributed by atoms with van der Waals surface area (Å²) in [5.74, 6) is 0. The number of benzene rings is 2. The topological polar surface area (TPSA) is 16.1 Å². The standard InChI is InChI=1S/C28H33ClN2/c1-5-20-12-9-13-21(6-2)28(20)26-17-25(29)24(19(3)30-26)18-31(4)27-16-10-14-22-11-7-8-15-23(22)27/h7-9,11-13,15,17,27H,5-6,10,14,16,18H2,1-4H3/t27-/m0/s1. The number of aromatic nitrogens is 1. The van der Waals surface area contributed by atoms with E-state index in [0.29, 0.717) is 6.04 Å². The van der Waals surface area contributed by atoms with Crippen LogP contribution in [-0.2, 0) is 25.8 Å². The molecule has 0 fully saturated rings. The van der Waals surface area contributed by atoms with Crippen molar-refractivity contribution in [2.24, 2.45) is 0 Å². The second-order valence-corrected chi connectivity index (χ2v) is 9.14. The lowest BCUT2D eigenvalue weighted by atomic mass is 9.87. The van der Waals surface area contributed by atoms with Crippen molar-refractivity contribution in [1.29, 1.82) is 0 Å². The van der Waals surface area contributed by atoms with Crippen molar-refractivity contribution in [3.63, 3.8) is 0 Å². The van der Waals surface area contributed by atoms with Crippen LogP contribution >= 0.6 is 11.6 Å². The summed E-state index contributed by atoms with van der Waals surface area (Å²) < 4.78 is 0. The third-order valence-electron chi connectivity index (χ3n) is 6.81. The van der Waals surface area contributed by atoms with Gasteiger partial charge in [-0.3, -0.25) is 9.88 Å². The zero-order valence-electron chi connectivity index (χ0n) is 19.2. The molecule has 1 aliphatic rings. The van der Waals surface area contributed by atoms with Gasteiger partial charge in [-0.25, -0.2) is 0 Å². The molecule has 0 amide bonds. The molecule has 0 aliphatic heterocycles. The minimum atomic E-state index is 0.438. The van der Waals surface area contributed by atoms with Crippen LogP contribution in [0.4, 0.5) is 0 Å². The fourth-order valence-electron chi connectivity index (χ4n) is 5.10. The van der Waals surface area contributed by atoms with E-state index in [1.165, 1.54) is 47.1 Å². The Morgan fingerprint density at radius 3 is 2.42 bits per heavy atom. The molecule has 3 aromatic rings. The van der Waals surface area contributed by atoms with Gasteiger partial charge in [-0.15, -0.1) is 0 Å². The lowest BCUT2D eigenvalue weighted by molar-refractivity contribution is 0.213. The van der Waals surface area contributed by atoms with Gasteiger partial charge in [0.05, 0.1) is 5.69 Å². The smallest absolute Gasteiger partial charge is 0.0725 e. The number of rotatable bonds is 6. The number of fused-ring (bicyclic) bond motifs is 1. The summed E-state index contributed by atoms with van der Waals surface area (Å²) in [5.41, 5.74) is 10.1. The number of pyridine rings is 1. The number of nitrogens with zero attached hydrogens (tertiary/aromatic N) is 2. The molecule has 0 saturated carbocycles. The van der Waals surface area contributed by atoms with E-state index in [2.05, 4.69) is 81.2 Å². The van der Waals surface area contributed by atoms with Crippen LogP contribution < -0.4 is 0 Å². The molecule has 2 nitrogen and oxygen atoms in total. The summed E-state index contributed by atoms with van der Waals surface area (Å²) in [5, 5.41) is 0.825. The van der Waals surface area contributed by atoms with E-state index in [0.717, 1.165) is 41.4 Å². The highest BCUT2D eigenvalue weighted by molar-refractivity contribution is 6.31. The molecule has 4 rings (SSSR count). The van der Waals surface area contributed by atoms with Crippen molar-refractivity contribution in [3.8, 4) is 11.3 Å². The number of aryl methyl sites for hydroxylation is 4. The normalized spacial score (nSPS) is 15.9. The summed E-state index contributed by atoms with van der Waals surface area (Å²) in [6.45, 7) is 7.33. The Kier molecular flexibility index (Phi) is 6.79. The molecule has 0 unspecified atom stereocenters. The summed E-state index contributed by atoms with van der Waals surface area (Å²) >= 11 is 6.89. The molecule has 31 heavy (non-hydrogen) atoms. The Bertz CT molecular complexity index is 1030. The van der Waals surface area contributed by atoms with Gasteiger partial charge in [0.25, 0.3) is 0 Å². The zero-order valence-corrected chi connectivity index (χ0v) is 20.0. The van der Waals surface area contributed by atoms with Gasteiger partial charge in [-0.2, -0.15) is 0 Å². The third kappa shape index (κ3) is 4.42. The van der Waals surface area contributed by atoms with Gasteiger partial charge in [-0.1, -0.05) is 67.9 Å². The number of hydrogen-bond donors (Lipinski definition) is 0. The second kappa shape index (κ2) is 9.54. The average molecular weight is 433 g/mol.